The van der Waals surface area contributed by atoms with Crippen LogP contribution in [0.15, 0.2) is 54.6 Å². The van der Waals surface area contributed by atoms with Gasteiger partial charge in [-0.25, -0.2) is 4.68 Å². The first-order valence-corrected chi connectivity index (χ1v) is 10.2. The van der Waals surface area contributed by atoms with Crippen LogP contribution in [0.2, 0.25) is 5.02 Å². The Morgan fingerprint density at radius 3 is 2.50 bits per heavy atom. The van der Waals surface area contributed by atoms with Crippen molar-refractivity contribution in [3.05, 3.63) is 71.0 Å². The zero-order valence-corrected chi connectivity index (χ0v) is 16.8. The second-order valence-corrected chi connectivity index (χ2v) is 7.54. The number of piperazine rings is 1. The Kier molecular flexibility index (Phi) is 5.88. The molecule has 0 N–H and O–H groups in total. The molecule has 0 amide bonds. The number of aromatic nitrogens is 4. The van der Waals surface area contributed by atoms with Gasteiger partial charge in [0.15, 0.2) is 5.82 Å². The summed E-state index contributed by atoms with van der Waals surface area (Å²) in [5, 5.41) is 13.4. The Balaban J connectivity index is 1.45. The van der Waals surface area contributed by atoms with Crippen LogP contribution < -0.4 is 4.90 Å². The highest BCUT2D eigenvalue weighted by Crippen LogP contribution is 2.26. The van der Waals surface area contributed by atoms with Gasteiger partial charge in [-0.2, -0.15) is 0 Å². The topological polar surface area (TPSA) is 50.1 Å². The molecule has 0 saturated carbocycles. The van der Waals surface area contributed by atoms with Crippen molar-refractivity contribution >= 4 is 17.3 Å². The Hall–Kier alpha value is -2.44. The van der Waals surface area contributed by atoms with Crippen molar-refractivity contribution in [1.29, 1.82) is 0 Å². The fourth-order valence-electron chi connectivity index (χ4n) is 3.89. The number of anilines is 1. The maximum Gasteiger partial charge on any atom is 0.168 e. The lowest BCUT2D eigenvalue weighted by Crippen LogP contribution is -2.48. The minimum atomic E-state index is 0.222. The molecule has 6 nitrogen and oxygen atoms in total. The van der Waals surface area contributed by atoms with Gasteiger partial charge < -0.3 is 4.90 Å². The van der Waals surface area contributed by atoms with Crippen LogP contribution >= 0.6 is 11.6 Å². The normalized spacial score (nSPS) is 16.3. The summed E-state index contributed by atoms with van der Waals surface area (Å²) < 4.78 is 1.94. The van der Waals surface area contributed by atoms with E-state index in [0.717, 1.165) is 43.4 Å². The molecule has 146 valence electrons. The molecule has 2 aromatic carbocycles. The van der Waals surface area contributed by atoms with Crippen LogP contribution in [-0.4, -0.2) is 51.3 Å². The monoisotopic (exact) mass is 396 g/mol. The molecule has 0 spiro atoms. The van der Waals surface area contributed by atoms with E-state index in [1.165, 1.54) is 11.3 Å². The average molecular weight is 397 g/mol. The van der Waals surface area contributed by atoms with Crippen molar-refractivity contribution in [2.75, 3.05) is 31.1 Å². The Bertz CT molecular complexity index is 889. The van der Waals surface area contributed by atoms with Gasteiger partial charge in [-0.3, -0.25) is 4.90 Å². The zero-order chi connectivity index (χ0) is 19.3. The van der Waals surface area contributed by atoms with Gasteiger partial charge in [0.25, 0.3) is 0 Å². The third-order valence-electron chi connectivity index (χ3n) is 5.35. The molecule has 1 fully saturated rings. The molecule has 1 aliphatic heterocycles. The number of hydrogen-bond donors (Lipinski definition) is 0. The Morgan fingerprint density at radius 2 is 1.79 bits per heavy atom. The molecule has 1 atom stereocenters. The summed E-state index contributed by atoms with van der Waals surface area (Å²) in [4.78, 5) is 4.89. The van der Waals surface area contributed by atoms with Crippen LogP contribution in [0.3, 0.4) is 0 Å². The lowest BCUT2D eigenvalue weighted by atomic mass is 10.1. The minimum Gasteiger partial charge on any atom is -0.369 e. The molecule has 0 radical (unpaired) electrons. The quantitative estimate of drug-likeness (QED) is 0.636. The van der Waals surface area contributed by atoms with Crippen LogP contribution in [0.1, 0.15) is 30.8 Å². The number of hydrogen-bond acceptors (Lipinski definition) is 5. The van der Waals surface area contributed by atoms with Crippen molar-refractivity contribution in [1.82, 2.24) is 25.1 Å². The lowest BCUT2D eigenvalue weighted by molar-refractivity contribution is 0.169. The smallest absolute Gasteiger partial charge is 0.168 e. The molecule has 28 heavy (non-hydrogen) atoms. The van der Waals surface area contributed by atoms with Gasteiger partial charge in [-0.1, -0.05) is 54.9 Å². The van der Waals surface area contributed by atoms with Gasteiger partial charge in [0.1, 0.15) is 0 Å². The summed E-state index contributed by atoms with van der Waals surface area (Å²) in [7, 11) is 0. The van der Waals surface area contributed by atoms with Crippen molar-refractivity contribution < 1.29 is 0 Å². The van der Waals surface area contributed by atoms with Crippen molar-refractivity contribution in [3.8, 4) is 0 Å². The number of benzene rings is 2. The van der Waals surface area contributed by atoms with Crippen LogP contribution in [0.25, 0.3) is 0 Å². The van der Waals surface area contributed by atoms with Crippen molar-refractivity contribution in [3.63, 3.8) is 0 Å². The highest BCUT2D eigenvalue weighted by molar-refractivity contribution is 6.30. The zero-order valence-electron chi connectivity index (χ0n) is 16.1. The standard InChI is InChI=1S/C21H25ClN6/c1-2-20(21-23-24-25-28(21)16-17-7-4-3-5-8-17)27-13-11-26(12-14-27)19-10-6-9-18(22)15-19/h3-10,15,20H,2,11-14,16H2,1H3/t20-/m1/s1. The molecule has 0 unspecified atom stereocenters. The van der Waals surface area contributed by atoms with E-state index in [0.29, 0.717) is 6.54 Å². The predicted octanol–water partition coefficient (Wildman–Crippen LogP) is 3.65. The lowest BCUT2D eigenvalue weighted by Gasteiger charge is -2.39. The van der Waals surface area contributed by atoms with Crippen LogP contribution in [0.4, 0.5) is 5.69 Å². The Morgan fingerprint density at radius 1 is 1.00 bits per heavy atom. The van der Waals surface area contributed by atoms with E-state index in [-0.39, 0.29) is 6.04 Å². The molecule has 1 aliphatic rings. The first-order valence-electron chi connectivity index (χ1n) is 9.79. The number of halogens is 1. The molecular weight excluding hydrogens is 372 g/mol. The van der Waals surface area contributed by atoms with E-state index in [1.807, 2.05) is 41.1 Å². The number of nitrogens with zero attached hydrogens (tertiary/aromatic N) is 6. The maximum atomic E-state index is 6.16. The fourth-order valence-corrected chi connectivity index (χ4v) is 4.07. The van der Waals surface area contributed by atoms with Gasteiger partial charge in [0, 0.05) is 36.9 Å². The first kappa shape index (κ1) is 18.9. The molecular formula is C21H25ClN6. The molecule has 0 bridgehead atoms. The molecule has 2 heterocycles. The number of tetrazole rings is 1. The second kappa shape index (κ2) is 8.71. The molecule has 3 aromatic rings. The van der Waals surface area contributed by atoms with E-state index < -0.39 is 0 Å². The van der Waals surface area contributed by atoms with Crippen LogP contribution in [0, 0.1) is 0 Å². The fraction of sp³-hybridized carbons (Fsp3) is 0.381. The number of rotatable bonds is 6. The summed E-state index contributed by atoms with van der Waals surface area (Å²) in [5.74, 6) is 0.947. The highest BCUT2D eigenvalue weighted by Gasteiger charge is 2.28. The van der Waals surface area contributed by atoms with Gasteiger partial charge in [0.05, 0.1) is 12.6 Å². The third kappa shape index (κ3) is 4.18. The van der Waals surface area contributed by atoms with E-state index in [1.54, 1.807) is 0 Å². The van der Waals surface area contributed by atoms with Crippen molar-refractivity contribution in [2.24, 2.45) is 0 Å². The maximum absolute atomic E-state index is 6.16. The van der Waals surface area contributed by atoms with Crippen molar-refractivity contribution in [2.45, 2.75) is 25.9 Å². The van der Waals surface area contributed by atoms with E-state index in [9.17, 15) is 0 Å². The predicted molar refractivity (Wildman–Crippen MR) is 112 cm³/mol. The first-order chi connectivity index (χ1) is 13.7. The Labute approximate surface area is 170 Å². The van der Waals surface area contributed by atoms with E-state index >= 15 is 0 Å². The molecule has 7 heteroatoms. The summed E-state index contributed by atoms with van der Waals surface area (Å²) in [6.45, 7) is 6.79. The summed E-state index contributed by atoms with van der Waals surface area (Å²) in [5.41, 5.74) is 2.39. The van der Waals surface area contributed by atoms with E-state index in [4.69, 9.17) is 11.6 Å². The van der Waals surface area contributed by atoms with Gasteiger partial charge >= 0.3 is 0 Å². The summed E-state index contributed by atoms with van der Waals surface area (Å²) in [6, 6.07) is 18.6. The van der Waals surface area contributed by atoms with Gasteiger partial charge in [-0.05, 0) is 40.6 Å². The molecule has 1 aromatic heterocycles. The van der Waals surface area contributed by atoms with Crippen LogP contribution in [-0.2, 0) is 6.54 Å². The third-order valence-corrected chi connectivity index (χ3v) is 5.58. The molecule has 1 saturated heterocycles. The largest absolute Gasteiger partial charge is 0.369 e. The minimum absolute atomic E-state index is 0.222. The van der Waals surface area contributed by atoms with Gasteiger partial charge in [-0.15, -0.1) is 5.10 Å². The molecule has 4 rings (SSSR count). The van der Waals surface area contributed by atoms with E-state index in [2.05, 4.69) is 50.4 Å². The SMILES string of the molecule is CC[C@H](c1nnnn1Cc1ccccc1)N1CCN(c2cccc(Cl)c2)CC1. The average Bonchev–Trinajstić information content (AvgIpc) is 3.18. The van der Waals surface area contributed by atoms with Crippen LogP contribution in [0.5, 0.6) is 0 Å². The van der Waals surface area contributed by atoms with Gasteiger partial charge in [0.2, 0.25) is 0 Å². The summed E-state index contributed by atoms with van der Waals surface area (Å²) in [6.07, 6.45) is 0.979. The summed E-state index contributed by atoms with van der Waals surface area (Å²) >= 11 is 6.16. The highest BCUT2D eigenvalue weighted by atomic mass is 35.5. The second-order valence-electron chi connectivity index (χ2n) is 7.11. The molecule has 0 aliphatic carbocycles.